The van der Waals surface area contributed by atoms with E-state index in [0.29, 0.717) is 4.47 Å². The third-order valence-electron chi connectivity index (χ3n) is 0.984. The summed E-state index contributed by atoms with van der Waals surface area (Å²) in [5.74, 6) is -0.203. The van der Waals surface area contributed by atoms with Crippen LogP contribution in [0.15, 0.2) is 22.7 Å². The van der Waals surface area contributed by atoms with Gasteiger partial charge in [-0.05, 0) is 0 Å². The van der Waals surface area contributed by atoms with Crippen LogP contribution >= 0.6 is 15.9 Å². The topological polar surface area (TPSA) is 0 Å². The predicted molar refractivity (Wildman–Crippen MR) is 39.5 cm³/mol. The smallest absolute Gasteiger partial charge is 1.00 e. The van der Waals surface area contributed by atoms with Gasteiger partial charge >= 0.3 is 74.2 Å². The minimum atomic E-state index is -0.203. The molecule has 0 radical (unpaired) electrons. The Labute approximate surface area is 86.2 Å². The maximum atomic E-state index is 12.5. The van der Waals surface area contributed by atoms with E-state index in [1.165, 1.54) is 6.07 Å². The predicted octanol–water partition coefficient (Wildman–Crippen LogP) is -1.61. The molecule has 0 aliphatic rings. The van der Waals surface area contributed by atoms with E-state index in [-0.39, 0.29) is 18.2 Å². The van der Waals surface area contributed by atoms with Crippen LogP contribution in [0.5, 0.6) is 0 Å². The van der Waals surface area contributed by atoms with Gasteiger partial charge in [-0.25, -0.2) is 0 Å². The van der Waals surface area contributed by atoms with E-state index in [9.17, 15) is 4.39 Å². The van der Waals surface area contributed by atoms with Gasteiger partial charge in [-0.2, -0.15) is 0 Å². The maximum Gasteiger partial charge on any atom is -1.00 e. The molecule has 0 bridgehead atoms. The van der Waals surface area contributed by atoms with Gasteiger partial charge in [0.05, 0.1) is 0 Å². The Balaban J connectivity index is 0.000000810. The van der Waals surface area contributed by atoms with Crippen LogP contribution in [0.3, 0.4) is 0 Å². The molecule has 0 atom stereocenters. The van der Waals surface area contributed by atoms with Crippen molar-refractivity contribution in [3.8, 4) is 0 Å². The fourth-order valence-electron chi connectivity index (χ4n) is 0.540. The molecule has 0 aliphatic carbocycles. The standard InChI is InChI=1S/C6H3BrF.ClH.Mg/c7-5-3-1-2-4-6(5)8;;/h2-4H;1H;/q;;+1/p-1. The summed E-state index contributed by atoms with van der Waals surface area (Å²) >= 11 is 4.81. The molecule has 0 aromatic heterocycles. The molecule has 0 fully saturated rings. The second-order valence-corrected chi connectivity index (χ2v) is 3.42. The molecule has 0 saturated carbocycles. The third-order valence-corrected chi connectivity index (χ3v) is 2.03. The first kappa shape index (κ1) is 10.7. The zero-order valence-electron chi connectivity index (χ0n) is 5.07. The molecule has 0 spiro atoms. The summed E-state index contributed by atoms with van der Waals surface area (Å²) in [6, 6.07) is 4.96. The summed E-state index contributed by atoms with van der Waals surface area (Å²) in [6.07, 6.45) is 0. The van der Waals surface area contributed by atoms with E-state index < -0.39 is 0 Å². The molecule has 1 aromatic carbocycles. The quantitative estimate of drug-likeness (QED) is 0.473. The zero-order chi connectivity index (χ0) is 6.85. The Morgan fingerprint density at radius 2 is 2.00 bits per heavy atom. The Kier molecular flexibility index (Phi) is 4.85. The van der Waals surface area contributed by atoms with Gasteiger partial charge in [-0.3, -0.25) is 0 Å². The summed E-state index contributed by atoms with van der Waals surface area (Å²) < 4.78 is 14.1. The van der Waals surface area contributed by atoms with E-state index in [0.717, 1.165) is 3.69 Å². The van der Waals surface area contributed by atoms with Crippen LogP contribution in [-0.2, 0) is 0 Å². The van der Waals surface area contributed by atoms with Gasteiger partial charge in [0, 0.05) is 0 Å². The first-order valence-corrected chi connectivity index (χ1v) is 3.97. The normalized spacial score (nSPS) is 8.80. The maximum absolute atomic E-state index is 12.5. The molecule has 0 unspecified atom stereocenters. The Bertz CT molecular complexity index is 229. The molecule has 1 aromatic rings. The molecule has 50 valence electrons. The van der Waals surface area contributed by atoms with E-state index in [4.69, 9.17) is 0 Å². The number of hydrogen-bond donors (Lipinski definition) is 0. The molecule has 10 heavy (non-hydrogen) atoms. The van der Waals surface area contributed by atoms with Crippen molar-refractivity contribution >= 4 is 41.3 Å². The van der Waals surface area contributed by atoms with Crippen LogP contribution in [0.2, 0.25) is 0 Å². The van der Waals surface area contributed by atoms with Crippen LogP contribution in [0, 0.1) is 5.82 Å². The first-order chi connectivity index (χ1) is 4.20. The largest absolute Gasteiger partial charge is 1.00 e. The van der Waals surface area contributed by atoms with Crippen molar-refractivity contribution in [3.63, 3.8) is 0 Å². The van der Waals surface area contributed by atoms with Crippen LogP contribution in [0.1, 0.15) is 0 Å². The van der Waals surface area contributed by atoms with Gasteiger partial charge in [0.2, 0.25) is 0 Å². The minimum absolute atomic E-state index is 0. The average molecular weight is 234 g/mol. The van der Waals surface area contributed by atoms with E-state index in [1.54, 1.807) is 33.8 Å². The van der Waals surface area contributed by atoms with Gasteiger partial charge in [-0.15, -0.1) is 0 Å². The fourth-order valence-corrected chi connectivity index (χ4v) is 1.59. The van der Waals surface area contributed by atoms with Gasteiger partial charge < -0.3 is 12.4 Å². The minimum Gasteiger partial charge on any atom is -1.00 e. The van der Waals surface area contributed by atoms with E-state index in [2.05, 4.69) is 15.9 Å². The van der Waals surface area contributed by atoms with Crippen molar-refractivity contribution < 1.29 is 16.8 Å². The molecule has 0 heterocycles. The third kappa shape index (κ3) is 2.74. The Morgan fingerprint density at radius 1 is 1.40 bits per heavy atom. The second kappa shape index (κ2) is 4.54. The molecule has 0 aliphatic heterocycles. The molecule has 0 N–H and O–H groups in total. The summed E-state index contributed by atoms with van der Waals surface area (Å²) in [5.41, 5.74) is 0. The summed E-state index contributed by atoms with van der Waals surface area (Å²) in [5, 5.41) is 0. The van der Waals surface area contributed by atoms with Gasteiger partial charge in [-0.1, -0.05) is 0 Å². The molecule has 4 heteroatoms. The molecular formula is C6H3BrClFMg. The number of halogens is 3. The number of benzene rings is 1. The van der Waals surface area contributed by atoms with Crippen LogP contribution in [0.4, 0.5) is 4.39 Å². The van der Waals surface area contributed by atoms with E-state index in [1.807, 2.05) is 0 Å². The molecule has 0 nitrogen and oxygen atoms in total. The Morgan fingerprint density at radius 3 is 2.40 bits per heavy atom. The molecule has 0 amide bonds. The SMILES string of the molecule is Fc1cc[c]([Mg+])cc1Br.[Cl-]. The first-order valence-electron chi connectivity index (χ1n) is 2.47. The van der Waals surface area contributed by atoms with Crippen molar-refractivity contribution in [2.24, 2.45) is 0 Å². The van der Waals surface area contributed by atoms with Crippen molar-refractivity contribution in [3.05, 3.63) is 28.5 Å². The Hall–Kier alpha value is 0.686. The second-order valence-electron chi connectivity index (χ2n) is 1.75. The van der Waals surface area contributed by atoms with Crippen molar-refractivity contribution in [2.45, 2.75) is 0 Å². The van der Waals surface area contributed by atoms with Crippen LogP contribution in [-0.4, -0.2) is 21.7 Å². The van der Waals surface area contributed by atoms with Crippen LogP contribution < -0.4 is 16.1 Å². The average Bonchev–Trinajstić information content (AvgIpc) is 1.80. The van der Waals surface area contributed by atoms with Crippen molar-refractivity contribution in [2.75, 3.05) is 0 Å². The fraction of sp³-hybridized carbons (Fsp3) is 0. The van der Waals surface area contributed by atoms with Crippen LogP contribution in [0.25, 0.3) is 0 Å². The van der Waals surface area contributed by atoms with E-state index >= 15 is 0 Å². The summed E-state index contributed by atoms with van der Waals surface area (Å²) in [7, 11) is 0. The van der Waals surface area contributed by atoms with Gasteiger partial charge in [0.25, 0.3) is 0 Å². The molecule has 1 rings (SSSR count). The number of hydrogen-bond acceptors (Lipinski definition) is 0. The molecular weight excluding hydrogens is 231 g/mol. The molecule has 0 saturated heterocycles. The van der Waals surface area contributed by atoms with Gasteiger partial charge in [0.1, 0.15) is 0 Å². The van der Waals surface area contributed by atoms with Crippen molar-refractivity contribution in [1.82, 2.24) is 0 Å². The number of rotatable bonds is 0. The van der Waals surface area contributed by atoms with Gasteiger partial charge in [0.15, 0.2) is 0 Å². The van der Waals surface area contributed by atoms with Crippen molar-refractivity contribution in [1.29, 1.82) is 0 Å². The zero-order valence-corrected chi connectivity index (χ0v) is 8.83. The monoisotopic (exact) mass is 232 g/mol. The summed E-state index contributed by atoms with van der Waals surface area (Å²) in [4.78, 5) is 0. The summed E-state index contributed by atoms with van der Waals surface area (Å²) in [6.45, 7) is 0.